The molecule has 0 bridgehead atoms. The van der Waals surface area contributed by atoms with Crippen molar-refractivity contribution in [2.45, 2.75) is 75.9 Å². The Bertz CT molecular complexity index is 583. The number of carbonyl (C=O) groups excluding carboxylic acids is 2. The standard InChI is InChI=1S/C23H40N4O3/c1-30-17-22(28)27-16-20(14-21(27)23(29)25-12-5-10-24-11-13-25)26(19-8-9-19)15-18-6-3-2-4-7-18/h18-21,24H,2-17H2,1H3. The van der Waals surface area contributed by atoms with Crippen LogP contribution in [0, 0.1) is 5.92 Å². The average Bonchev–Trinajstić information content (AvgIpc) is 3.55. The summed E-state index contributed by atoms with van der Waals surface area (Å²) in [6.45, 7) is 5.20. The number of nitrogens with one attached hydrogen (secondary N) is 1. The molecule has 7 heteroatoms. The predicted octanol–water partition coefficient (Wildman–Crippen LogP) is 1.47. The zero-order valence-electron chi connectivity index (χ0n) is 18.7. The largest absolute Gasteiger partial charge is 0.375 e. The van der Waals surface area contributed by atoms with Gasteiger partial charge in [0.2, 0.25) is 11.8 Å². The van der Waals surface area contributed by atoms with Crippen molar-refractivity contribution in [2.75, 3.05) is 53.0 Å². The molecular weight excluding hydrogens is 380 g/mol. The van der Waals surface area contributed by atoms with Gasteiger partial charge in [-0.1, -0.05) is 19.3 Å². The molecule has 170 valence electrons. The third-order valence-corrected chi connectivity index (χ3v) is 7.48. The van der Waals surface area contributed by atoms with E-state index in [4.69, 9.17) is 4.74 Å². The fourth-order valence-electron chi connectivity index (χ4n) is 5.72. The molecule has 2 saturated heterocycles. The van der Waals surface area contributed by atoms with Gasteiger partial charge in [0, 0.05) is 51.9 Å². The molecule has 2 amide bonds. The quantitative estimate of drug-likeness (QED) is 0.676. The van der Waals surface area contributed by atoms with Gasteiger partial charge in [-0.05, 0) is 51.0 Å². The summed E-state index contributed by atoms with van der Waals surface area (Å²) in [5, 5.41) is 3.37. The van der Waals surface area contributed by atoms with Crippen molar-refractivity contribution in [1.29, 1.82) is 0 Å². The van der Waals surface area contributed by atoms with Gasteiger partial charge in [0.05, 0.1) is 0 Å². The number of hydrogen-bond donors (Lipinski definition) is 1. The maximum Gasteiger partial charge on any atom is 0.249 e. The highest BCUT2D eigenvalue weighted by molar-refractivity contribution is 5.89. The highest BCUT2D eigenvalue weighted by Gasteiger charge is 2.46. The molecule has 4 fully saturated rings. The maximum absolute atomic E-state index is 13.5. The van der Waals surface area contributed by atoms with Crippen LogP contribution in [0.5, 0.6) is 0 Å². The number of rotatable bonds is 7. The number of hydrogen-bond acceptors (Lipinski definition) is 5. The van der Waals surface area contributed by atoms with Crippen molar-refractivity contribution in [3.8, 4) is 0 Å². The van der Waals surface area contributed by atoms with Crippen LogP contribution < -0.4 is 5.32 Å². The van der Waals surface area contributed by atoms with E-state index in [1.165, 1.54) is 44.9 Å². The highest BCUT2D eigenvalue weighted by atomic mass is 16.5. The number of methoxy groups -OCH3 is 1. The van der Waals surface area contributed by atoms with Gasteiger partial charge in [-0.2, -0.15) is 0 Å². The van der Waals surface area contributed by atoms with Gasteiger partial charge < -0.3 is 19.9 Å². The van der Waals surface area contributed by atoms with Gasteiger partial charge in [0.25, 0.3) is 0 Å². The van der Waals surface area contributed by atoms with E-state index >= 15 is 0 Å². The topological polar surface area (TPSA) is 65.1 Å². The van der Waals surface area contributed by atoms with Crippen LogP contribution >= 0.6 is 0 Å². The van der Waals surface area contributed by atoms with Crippen molar-refractivity contribution in [2.24, 2.45) is 5.92 Å². The Kier molecular flexibility index (Phi) is 7.65. The molecule has 2 saturated carbocycles. The summed E-state index contributed by atoms with van der Waals surface area (Å²) >= 11 is 0. The molecule has 7 nitrogen and oxygen atoms in total. The van der Waals surface area contributed by atoms with Crippen LogP contribution in [0.15, 0.2) is 0 Å². The monoisotopic (exact) mass is 420 g/mol. The predicted molar refractivity (Wildman–Crippen MR) is 116 cm³/mol. The molecule has 2 unspecified atom stereocenters. The van der Waals surface area contributed by atoms with E-state index < -0.39 is 0 Å². The Morgan fingerprint density at radius 3 is 2.53 bits per heavy atom. The third kappa shape index (κ3) is 5.35. The molecule has 4 aliphatic rings. The summed E-state index contributed by atoms with van der Waals surface area (Å²) in [5.74, 6) is 0.882. The first-order valence-electron chi connectivity index (χ1n) is 12.2. The van der Waals surface area contributed by atoms with Gasteiger partial charge in [0.15, 0.2) is 0 Å². The summed E-state index contributed by atoms with van der Waals surface area (Å²) in [5.41, 5.74) is 0. The normalized spacial score (nSPS) is 28.7. The van der Waals surface area contributed by atoms with Gasteiger partial charge in [-0.15, -0.1) is 0 Å². The molecule has 0 aromatic rings. The molecule has 4 rings (SSSR count). The Morgan fingerprint density at radius 1 is 1.00 bits per heavy atom. The third-order valence-electron chi connectivity index (χ3n) is 7.48. The first kappa shape index (κ1) is 22.0. The zero-order valence-corrected chi connectivity index (χ0v) is 18.7. The summed E-state index contributed by atoms with van der Waals surface area (Å²) in [4.78, 5) is 32.8. The Labute approximate surface area is 181 Å². The lowest BCUT2D eigenvalue weighted by Crippen LogP contribution is -2.49. The maximum atomic E-state index is 13.5. The number of likely N-dealkylation sites (tertiary alicyclic amines) is 1. The van der Waals surface area contributed by atoms with E-state index in [1.54, 1.807) is 7.11 Å². The lowest BCUT2D eigenvalue weighted by Gasteiger charge is -2.34. The summed E-state index contributed by atoms with van der Waals surface area (Å²) in [6, 6.07) is 0.634. The second-order valence-electron chi connectivity index (χ2n) is 9.75. The van der Waals surface area contributed by atoms with Crippen LogP contribution in [0.1, 0.15) is 57.8 Å². The van der Waals surface area contributed by atoms with Crippen molar-refractivity contribution < 1.29 is 14.3 Å². The van der Waals surface area contributed by atoms with Gasteiger partial charge in [0.1, 0.15) is 12.6 Å². The minimum Gasteiger partial charge on any atom is -0.375 e. The molecule has 2 heterocycles. The van der Waals surface area contributed by atoms with Crippen LogP contribution in [-0.4, -0.2) is 97.6 Å². The minimum atomic E-state index is -0.330. The van der Waals surface area contributed by atoms with Crippen molar-refractivity contribution in [3.05, 3.63) is 0 Å². The average molecular weight is 421 g/mol. The van der Waals surface area contributed by atoms with E-state index in [0.717, 1.165) is 51.5 Å². The van der Waals surface area contributed by atoms with E-state index in [9.17, 15) is 9.59 Å². The molecule has 0 radical (unpaired) electrons. The zero-order chi connectivity index (χ0) is 20.9. The first-order chi connectivity index (χ1) is 14.7. The summed E-state index contributed by atoms with van der Waals surface area (Å²) < 4.78 is 5.15. The van der Waals surface area contributed by atoms with Gasteiger partial charge in [-0.3, -0.25) is 14.5 Å². The smallest absolute Gasteiger partial charge is 0.249 e. The van der Waals surface area contributed by atoms with Crippen molar-refractivity contribution in [1.82, 2.24) is 20.0 Å². The first-order valence-corrected chi connectivity index (χ1v) is 12.2. The number of ether oxygens (including phenoxy) is 1. The Morgan fingerprint density at radius 2 is 1.80 bits per heavy atom. The van der Waals surface area contributed by atoms with Crippen molar-refractivity contribution >= 4 is 11.8 Å². The SMILES string of the molecule is COCC(=O)N1CC(N(CC2CCCCC2)C2CC2)CC1C(=O)N1CCCNCC1. The van der Waals surface area contributed by atoms with Gasteiger partial charge >= 0.3 is 0 Å². The van der Waals surface area contributed by atoms with Gasteiger partial charge in [-0.25, -0.2) is 0 Å². The van der Waals surface area contributed by atoms with E-state index in [2.05, 4.69) is 10.2 Å². The van der Waals surface area contributed by atoms with Crippen LogP contribution in [0.25, 0.3) is 0 Å². The highest BCUT2D eigenvalue weighted by Crippen LogP contribution is 2.36. The van der Waals surface area contributed by atoms with Crippen LogP contribution in [0.2, 0.25) is 0 Å². The second-order valence-corrected chi connectivity index (χ2v) is 9.75. The lowest BCUT2D eigenvalue weighted by molar-refractivity contribution is -0.145. The molecular formula is C23H40N4O3. The molecule has 0 aromatic carbocycles. The molecule has 0 spiro atoms. The number of amides is 2. The van der Waals surface area contributed by atoms with Crippen molar-refractivity contribution in [3.63, 3.8) is 0 Å². The Balaban J connectivity index is 1.47. The van der Waals surface area contributed by atoms with Crippen LogP contribution in [0.4, 0.5) is 0 Å². The molecule has 30 heavy (non-hydrogen) atoms. The van der Waals surface area contributed by atoms with E-state index in [1.807, 2.05) is 9.80 Å². The van der Waals surface area contributed by atoms with Crippen LogP contribution in [-0.2, 0) is 14.3 Å². The summed E-state index contributed by atoms with van der Waals surface area (Å²) in [6.07, 6.45) is 11.1. The number of nitrogens with zero attached hydrogens (tertiary/aromatic N) is 3. The number of carbonyl (C=O) groups is 2. The second kappa shape index (κ2) is 10.4. The summed E-state index contributed by atoms with van der Waals surface area (Å²) in [7, 11) is 1.56. The fraction of sp³-hybridized carbons (Fsp3) is 0.913. The molecule has 2 aliphatic heterocycles. The fourth-order valence-corrected chi connectivity index (χ4v) is 5.72. The van der Waals surface area contributed by atoms with E-state index in [0.29, 0.717) is 18.6 Å². The lowest BCUT2D eigenvalue weighted by atomic mass is 9.88. The van der Waals surface area contributed by atoms with Crippen LogP contribution in [0.3, 0.4) is 0 Å². The molecule has 2 aliphatic carbocycles. The Hall–Kier alpha value is -1.18. The molecule has 2 atom stereocenters. The molecule has 1 N–H and O–H groups in total. The minimum absolute atomic E-state index is 0.0419. The molecule has 0 aromatic heterocycles. The van der Waals surface area contributed by atoms with E-state index in [-0.39, 0.29) is 24.5 Å².